The van der Waals surface area contributed by atoms with Crippen LogP contribution in [-0.2, 0) is 9.59 Å². The maximum absolute atomic E-state index is 11.1. The summed E-state index contributed by atoms with van der Waals surface area (Å²) in [5, 5.41) is -0.396. The first-order valence-electron chi connectivity index (χ1n) is 9.80. The summed E-state index contributed by atoms with van der Waals surface area (Å²) in [4.78, 5) is 21.6. The standard InChI is InChI=1S/C20H36Cl2O2/c1-17(2)18(16-20(22)24)14-12-10-8-6-4-3-5-7-9-11-13-15-19(21)23/h17-18H,3-16H2,1-2H3. The van der Waals surface area contributed by atoms with Crippen LogP contribution in [0.3, 0.4) is 0 Å². The smallest absolute Gasteiger partial charge is 0.221 e. The van der Waals surface area contributed by atoms with Crippen molar-refractivity contribution in [2.45, 2.75) is 104 Å². The summed E-state index contributed by atoms with van der Waals surface area (Å²) in [6, 6.07) is 0. The fourth-order valence-electron chi connectivity index (χ4n) is 3.14. The Hall–Kier alpha value is -0.0800. The van der Waals surface area contributed by atoms with E-state index in [1.165, 1.54) is 57.8 Å². The predicted molar refractivity (Wildman–Crippen MR) is 105 cm³/mol. The Morgan fingerprint density at radius 3 is 1.46 bits per heavy atom. The van der Waals surface area contributed by atoms with Gasteiger partial charge in [-0.15, -0.1) is 0 Å². The molecule has 0 aliphatic heterocycles. The van der Waals surface area contributed by atoms with E-state index in [9.17, 15) is 9.59 Å². The molecule has 0 aromatic carbocycles. The van der Waals surface area contributed by atoms with Gasteiger partial charge in [0.25, 0.3) is 0 Å². The minimum absolute atomic E-state index is 0.192. The van der Waals surface area contributed by atoms with Crippen molar-refractivity contribution in [2.75, 3.05) is 0 Å². The highest BCUT2D eigenvalue weighted by atomic mass is 35.5. The van der Waals surface area contributed by atoms with E-state index in [1.807, 2.05) is 0 Å². The van der Waals surface area contributed by atoms with Crippen molar-refractivity contribution in [3.05, 3.63) is 0 Å². The van der Waals surface area contributed by atoms with E-state index in [0.717, 1.165) is 19.3 Å². The number of hydrogen-bond acceptors (Lipinski definition) is 2. The molecule has 0 aliphatic rings. The van der Waals surface area contributed by atoms with E-state index in [4.69, 9.17) is 23.2 Å². The molecule has 1 atom stereocenters. The van der Waals surface area contributed by atoms with E-state index >= 15 is 0 Å². The van der Waals surface area contributed by atoms with Gasteiger partial charge in [0.05, 0.1) is 0 Å². The van der Waals surface area contributed by atoms with E-state index in [-0.39, 0.29) is 10.5 Å². The number of hydrogen-bond donors (Lipinski definition) is 0. The third kappa shape index (κ3) is 16.8. The average molecular weight is 379 g/mol. The molecule has 0 N–H and O–H groups in total. The van der Waals surface area contributed by atoms with Crippen LogP contribution in [0.15, 0.2) is 0 Å². The van der Waals surface area contributed by atoms with E-state index in [2.05, 4.69) is 13.8 Å². The number of unbranched alkanes of at least 4 members (excludes halogenated alkanes) is 10. The lowest BCUT2D eigenvalue weighted by Gasteiger charge is -2.18. The summed E-state index contributed by atoms with van der Waals surface area (Å²) in [6.07, 6.45) is 15.8. The first-order chi connectivity index (χ1) is 11.4. The zero-order valence-electron chi connectivity index (χ0n) is 15.6. The maximum atomic E-state index is 11.1. The van der Waals surface area contributed by atoms with E-state index < -0.39 is 0 Å². The number of rotatable bonds is 17. The zero-order valence-corrected chi connectivity index (χ0v) is 17.1. The Morgan fingerprint density at radius 1 is 0.667 bits per heavy atom. The van der Waals surface area contributed by atoms with Crippen LogP contribution in [0.2, 0.25) is 0 Å². The van der Waals surface area contributed by atoms with Crippen molar-refractivity contribution < 1.29 is 9.59 Å². The molecule has 4 heteroatoms. The van der Waals surface area contributed by atoms with Crippen molar-refractivity contribution in [2.24, 2.45) is 11.8 Å². The molecule has 142 valence electrons. The lowest BCUT2D eigenvalue weighted by atomic mass is 9.88. The molecule has 0 aromatic rings. The van der Waals surface area contributed by atoms with Crippen molar-refractivity contribution in [3.8, 4) is 0 Å². The van der Waals surface area contributed by atoms with Crippen LogP contribution in [0, 0.1) is 11.8 Å². The van der Waals surface area contributed by atoms with Gasteiger partial charge >= 0.3 is 0 Å². The van der Waals surface area contributed by atoms with Gasteiger partial charge in [0.1, 0.15) is 0 Å². The van der Waals surface area contributed by atoms with Crippen LogP contribution < -0.4 is 0 Å². The molecular weight excluding hydrogens is 343 g/mol. The largest absolute Gasteiger partial charge is 0.281 e. The molecule has 0 fully saturated rings. The second-order valence-electron chi connectivity index (χ2n) is 7.35. The molecule has 0 heterocycles. The van der Waals surface area contributed by atoms with Crippen molar-refractivity contribution in [3.63, 3.8) is 0 Å². The molecule has 0 spiro atoms. The first kappa shape index (κ1) is 23.9. The lowest BCUT2D eigenvalue weighted by Crippen LogP contribution is -2.11. The molecule has 0 saturated heterocycles. The van der Waals surface area contributed by atoms with Crippen LogP contribution in [0.5, 0.6) is 0 Å². The van der Waals surface area contributed by atoms with Gasteiger partial charge in [-0.3, -0.25) is 9.59 Å². The van der Waals surface area contributed by atoms with Crippen molar-refractivity contribution in [1.82, 2.24) is 0 Å². The Kier molecular flexibility index (Phi) is 16.3. The second kappa shape index (κ2) is 16.4. The molecule has 0 amide bonds. The third-order valence-electron chi connectivity index (χ3n) is 4.81. The van der Waals surface area contributed by atoms with Crippen LogP contribution in [0.25, 0.3) is 0 Å². The summed E-state index contributed by atoms with van der Waals surface area (Å²) >= 11 is 10.8. The maximum Gasteiger partial charge on any atom is 0.221 e. The SMILES string of the molecule is CC(C)C(CCCCCCCCCCCCCC(=O)Cl)CC(=O)Cl. The topological polar surface area (TPSA) is 34.1 Å². The van der Waals surface area contributed by atoms with Crippen molar-refractivity contribution in [1.29, 1.82) is 0 Å². The highest BCUT2D eigenvalue weighted by Crippen LogP contribution is 2.23. The Morgan fingerprint density at radius 2 is 1.08 bits per heavy atom. The van der Waals surface area contributed by atoms with Crippen LogP contribution in [-0.4, -0.2) is 10.5 Å². The molecule has 24 heavy (non-hydrogen) atoms. The quantitative estimate of drug-likeness (QED) is 0.197. The highest BCUT2D eigenvalue weighted by Gasteiger charge is 2.15. The van der Waals surface area contributed by atoms with Crippen LogP contribution in [0.1, 0.15) is 104 Å². The van der Waals surface area contributed by atoms with Gasteiger partial charge < -0.3 is 0 Å². The fraction of sp³-hybridized carbons (Fsp3) is 0.900. The predicted octanol–water partition coefficient (Wildman–Crippen LogP) is 7.25. The number of carbonyl (C=O) groups is 2. The van der Waals surface area contributed by atoms with Gasteiger partial charge in [0.15, 0.2) is 0 Å². The zero-order chi connectivity index (χ0) is 18.2. The summed E-state index contributed by atoms with van der Waals surface area (Å²) in [5.41, 5.74) is 0. The van der Waals surface area contributed by atoms with Crippen molar-refractivity contribution >= 4 is 33.7 Å². The van der Waals surface area contributed by atoms with E-state index in [1.54, 1.807) is 0 Å². The van der Waals surface area contributed by atoms with Gasteiger partial charge in [-0.25, -0.2) is 0 Å². The van der Waals surface area contributed by atoms with Gasteiger partial charge in [-0.1, -0.05) is 78.1 Å². The highest BCUT2D eigenvalue weighted by molar-refractivity contribution is 6.63. The summed E-state index contributed by atoms with van der Waals surface area (Å²) in [5.74, 6) is 0.986. The Labute approximate surface area is 159 Å². The lowest BCUT2D eigenvalue weighted by molar-refractivity contribution is -0.113. The summed E-state index contributed by atoms with van der Waals surface area (Å²) < 4.78 is 0. The minimum atomic E-state index is -0.205. The summed E-state index contributed by atoms with van der Waals surface area (Å²) in [7, 11) is 0. The average Bonchev–Trinajstić information content (AvgIpc) is 2.49. The fourth-order valence-corrected chi connectivity index (χ4v) is 3.47. The molecule has 1 unspecified atom stereocenters. The first-order valence-corrected chi connectivity index (χ1v) is 10.6. The molecule has 0 saturated carbocycles. The monoisotopic (exact) mass is 378 g/mol. The van der Waals surface area contributed by atoms with Gasteiger partial charge in [0.2, 0.25) is 10.5 Å². The number of halogens is 2. The normalized spacial score (nSPS) is 12.5. The molecule has 0 radical (unpaired) electrons. The van der Waals surface area contributed by atoms with Gasteiger partial charge in [-0.05, 0) is 47.9 Å². The molecule has 2 nitrogen and oxygen atoms in total. The molecule has 0 bridgehead atoms. The van der Waals surface area contributed by atoms with E-state index in [0.29, 0.717) is 24.7 Å². The molecule has 0 aromatic heterocycles. The Bertz CT molecular complexity index is 330. The Balaban J connectivity index is 3.32. The van der Waals surface area contributed by atoms with Crippen LogP contribution in [0.4, 0.5) is 0 Å². The minimum Gasteiger partial charge on any atom is -0.281 e. The van der Waals surface area contributed by atoms with Gasteiger partial charge in [-0.2, -0.15) is 0 Å². The molecule has 0 aliphatic carbocycles. The number of carbonyl (C=O) groups excluding carboxylic acids is 2. The molecule has 0 rings (SSSR count). The third-order valence-corrected chi connectivity index (χ3v) is 5.16. The molecular formula is C20H36Cl2O2. The summed E-state index contributed by atoms with van der Waals surface area (Å²) in [6.45, 7) is 4.36. The van der Waals surface area contributed by atoms with Gasteiger partial charge in [0, 0.05) is 12.8 Å². The second-order valence-corrected chi connectivity index (χ2v) is 8.19. The van der Waals surface area contributed by atoms with Crippen LogP contribution >= 0.6 is 23.2 Å².